The molecule has 1 aromatic heterocycles. The second-order valence-corrected chi connectivity index (χ2v) is 5.56. The number of aryl methyl sites for hydroxylation is 2. The van der Waals surface area contributed by atoms with Gasteiger partial charge in [0.05, 0.1) is 7.11 Å². The van der Waals surface area contributed by atoms with Crippen molar-refractivity contribution in [3.63, 3.8) is 0 Å². The van der Waals surface area contributed by atoms with E-state index in [4.69, 9.17) is 9.15 Å². The highest BCUT2D eigenvalue weighted by Crippen LogP contribution is 2.24. The van der Waals surface area contributed by atoms with Gasteiger partial charge in [0, 0.05) is 29.8 Å². The zero-order chi connectivity index (χ0) is 16.4. The third-order valence-electron chi connectivity index (χ3n) is 4.07. The Morgan fingerprint density at radius 2 is 1.96 bits per heavy atom. The van der Waals surface area contributed by atoms with E-state index in [1.165, 1.54) is 0 Å². The summed E-state index contributed by atoms with van der Waals surface area (Å²) in [5.74, 6) is 0.791. The van der Waals surface area contributed by atoms with Crippen molar-refractivity contribution < 1.29 is 9.15 Å². The predicted molar refractivity (Wildman–Crippen MR) is 92.3 cm³/mol. The smallest absolute Gasteiger partial charge is 0.336 e. The number of anilines is 1. The molecule has 0 bridgehead atoms. The normalized spacial score (nSPS) is 10.7. The first-order valence-electron chi connectivity index (χ1n) is 7.49. The summed E-state index contributed by atoms with van der Waals surface area (Å²) in [5.41, 5.74) is 4.31. The van der Waals surface area contributed by atoms with Crippen LogP contribution in [0.15, 0.2) is 51.7 Å². The van der Waals surface area contributed by atoms with Crippen LogP contribution in [0.1, 0.15) is 16.7 Å². The lowest BCUT2D eigenvalue weighted by atomic mass is 10.0. The van der Waals surface area contributed by atoms with Gasteiger partial charge in [-0.05, 0) is 42.7 Å². The molecule has 0 aliphatic rings. The van der Waals surface area contributed by atoms with E-state index in [1.54, 1.807) is 13.2 Å². The number of fused-ring (bicyclic) bond motifs is 1. The molecule has 4 heteroatoms. The number of hydrogen-bond acceptors (Lipinski definition) is 4. The van der Waals surface area contributed by atoms with Gasteiger partial charge in [-0.25, -0.2) is 4.79 Å². The molecule has 1 N–H and O–H groups in total. The van der Waals surface area contributed by atoms with Crippen LogP contribution in [0, 0.1) is 13.8 Å². The van der Waals surface area contributed by atoms with E-state index in [0.717, 1.165) is 33.5 Å². The Labute approximate surface area is 134 Å². The van der Waals surface area contributed by atoms with Gasteiger partial charge in [-0.3, -0.25) is 0 Å². The summed E-state index contributed by atoms with van der Waals surface area (Å²) in [5, 5.41) is 4.29. The second kappa shape index (κ2) is 6.16. The summed E-state index contributed by atoms with van der Waals surface area (Å²) in [6.45, 7) is 4.52. The van der Waals surface area contributed by atoms with Crippen LogP contribution in [0.25, 0.3) is 11.0 Å². The first kappa shape index (κ1) is 15.2. The zero-order valence-electron chi connectivity index (χ0n) is 13.5. The van der Waals surface area contributed by atoms with Crippen molar-refractivity contribution >= 4 is 16.7 Å². The molecule has 3 aromatic rings. The van der Waals surface area contributed by atoms with Crippen molar-refractivity contribution in [3.8, 4) is 5.75 Å². The first-order valence-corrected chi connectivity index (χ1v) is 7.49. The van der Waals surface area contributed by atoms with Crippen LogP contribution < -0.4 is 15.7 Å². The molecule has 4 nitrogen and oxygen atoms in total. The van der Waals surface area contributed by atoms with Gasteiger partial charge >= 0.3 is 5.63 Å². The standard InChI is InChI=1S/C19H19NO3/c1-12-7-8-17-14(9-18(21)23-19(17)13(12)2)11-20-15-5-4-6-16(10-15)22-3/h4-10,20H,11H2,1-3H3. The monoisotopic (exact) mass is 309 g/mol. The summed E-state index contributed by atoms with van der Waals surface area (Å²) in [7, 11) is 1.64. The van der Waals surface area contributed by atoms with E-state index in [9.17, 15) is 4.79 Å². The van der Waals surface area contributed by atoms with Crippen LogP contribution in [0.5, 0.6) is 5.75 Å². The fraction of sp³-hybridized carbons (Fsp3) is 0.211. The first-order chi connectivity index (χ1) is 11.1. The summed E-state index contributed by atoms with van der Waals surface area (Å²) < 4.78 is 10.6. The highest BCUT2D eigenvalue weighted by atomic mass is 16.5. The Morgan fingerprint density at radius 3 is 2.74 bits per heavy atom. The van der Waals surface area contributed by atoms with Gasteiger partial charge in [-0.15, -0.1) is 0 Å². The summed E-state index contributed by atoms with van der Waals surface area (Å²) in [6.07, 6.45) is 0. The lowest BCUT2D eigenvalue weighted by Gasteiger charge is -2.11. The largest absolute Gasteiger partial charge is 0.497 e. The van der Waals surface area contributed by atoms with Crippen molar-refractivity contribution in [1.29, 1.82) is 0 Å². The van der Waals surface area contributed by atoms with Crippen molar-refractivity contribution in [2.45, 2.75) is 20.4 Å². The lowest BCUT2D eigenvalue weighted by Crippen LogP contribution is -2.06. The van der Waals surface area contributed by atoms with E-state index in [-0.39, 0.29) is 5.63 Å². The summed E-state index contributed by atoms with van der Waals surface area (Å²) in [4.78, 5) is 11.9. The SMILES string of the molecule is COc1cccc(NCc2cc(=O)oc3c(C)c(C)ccc23)c1. The van der Waals surface area contributed by atoms with Crippen molar-refractivity contribution in [2.75, 3.05) is 12.4 Å². The number of benzene rings is 2. The number of ether oxygens (including phenoxy) is 1. The van der Waals surface area contributed by atoms with E-state index < -0.39 is 0 Å². The Hall–Kier alpha value is -2.75. The van der Waals surface area contributed by atoms with Gasteiger partial charge < -0.3 is 14.5 Å². The molecular weight excluding hydrogens is 290 g/mol. The molecule has 0 aliphatic carbocycles. The second-order valence-electron chi connectivity index (χ2n) is 5.56. The molecule has 0 saturated carbocycles. The fourth-order valence-electron chi connectivity index (χ4n) is 2.60. The van der Waals surface area contributed by atoms with Crippen LogP contribution in [0.3, 0.4) is 0 Å². The average Bonchev–Trinajstić information content (AvgIpc) is 2.56. The number of methoxy groups -OCH3 is 1. The molecule has 0 saturated heterocycles. The molecule has 1 heterocycles. The molecule has 2 aromatic carbocycles. The van der Waals surface area contributed by atoms with Crippen molar-refractivity contribution in [1.82, 2.24) is 0 Å². The maximum atomic E-state index is 11.9. The molecule has 0 aliphatic heterocycles. The number of rotatable bonds is 4. The van der Waals surface area contributed by atoms with Gasteiger partial charge in [0.15, 0.2) is 0 Å². The Morgan fingerprint density at radius 1 is 1.13 bits per heavy atom. The molecule has 3 rings (SSSR count). The van der Waals surface area contributed by atoms with E-state index in [1.807, 2.05) is 50.2 Å². The molecule has 0 unspecified atom stereocenters. The van der Waals surface area contributed by atoms with Gasteiger partial charge in [0.25, 0.3) is 0 Å². The fourth-order valence-corrected chi connectivity index (χ4v) is 2.60. The molecule has 23 heavy (non-hydrogen) atoms. The Balaban J connectivity index is 1.96. The Kier molecular flexibility index (Phi) is 4.06. The minimum Gasteiger partial charge on any atom is -0.497 e. The Bertz CT molecular complexity index is 912. The lowest BCUT2D eigenvalue weighted by molar-refractivity contribution is 0.415. The minimum atomic E-state index is -0.325. The van der Waals surface area contributed by atoms with Crippen LogP contribution in [0.2, 0.25) is 0 Å². The molecular formula is C19H19NO3. The van der Waals surface area contributed by atoms with Crippen molar-refractivity contribution in [3.05, 3.63) is 69.6 Å². The summed E-state index contributed by atoms with van der Waals surface area (Å²) in [6, 6.07) is 13.3. The van der Waals surface area contributed by atoms with E-state index >= 15 is 0 Å². The summed E-state index contributed by atoms with van der Waals surface area (Å²) >= 11 is 0. The topological polar surface area (TPSA) is 51.5 Å². The maximum Gasteiger partial charge on any atom is 0.336 e. The average molecular weight is 309 g/mol. The minimum absolute atomic E-state index is 0.325. The highest BCUT2D eigenvalue weighted by molar-refractivity contribution is 5.84. The van der Waals surface area contributed by atoms with Gasteiger partial charge in [-0.2, -0.15) is 0 Å². The molecule has 118 valence electrons. The quantitative estimate of drug-likeness (QED) is 0.739. The number of nitrogens with one attached hydrogen (secondary N) is 1. The van der Waals surface area contributed by atoms with Crippen LogP contribution in [-0.4, -0.2) is 7.11 Å². The zero-order valence-corrected chi connectivity index (χ0v) is 13.5. The van der Waals surface area contributed by atoms with Crippen molar-refractivity contribution in [2.24, 2.45) is 0 Å². The molecule has 0 atom stereocenters. The van der Waals surface area contributed by atoms with Gasteiger partial charge in [0.1, 0.15) is 11.3 Å². The maximum absolute atomic E-state index is 11.9. The highest BCUT2D eigenvalue weighted by Gasteiger charge is 2.09. The van der Waals surface area contributed by atoms with Crippen LogP contribution in [0.4, 0.5) is 5.69 Å². The molecule has 0 spiro atoms. The molecule has 0 radical (unpaired) electrons. The molecule has 0 amide bonds. The van der Waals surface area contributed by atoms with E-state index in [0.29, 0.717) is 12.1 Å². The van der Waals surface area contributed by atoms with Gasteiger partial charge in [0.2, 0.25) is 0 Å². The molecule has 0 fully saturated rings. The number of hydrogen-bond donors (Lipinski definition) is 1. The van der Waals surface area contributed by atoms with Crippen LogP contribution >= 0.6 is 0 Å². The third kappa shape index (κ3) is 3.06. The van der Waals surface area contributed by atoms with Gasteiger partial charge in [-0.1, -0.05) is 18.2 Å². The van der Waals surface area contributed by atoms with Crippen LogP contribution in [-0.2, 0) is 6.54 Å². The third-order valence-corrected chi connectivity index (χ3v) is 4.07. The van der Waals surface area contributed by atoms with E-state index in [2.05, 4.69) is 5.32 Å². The predicted octanol–water partition coefficient (Wildman–Crippen LogP) is 4.03.